The van der Waals surface area contributed by atoms with E-state index in [0.717, 1.165) is 5.56 Å². The Morgan fingerprint density at radius 3 is 2.50 bits per heavy atom. The lowest BCUT2D eigenvalue weighted by Gasteiger charge is -2.32. The molecule has 2 heterocycles. The number of benzene rings is 2. The molecule has 1 aromatic heterocycles. The topological polar surface area (TPSA) is 89.9 Å². The number of halogens is 2. The zero-order valence-electron chi connectivity index (χ0n) is 20.0. The molecule has 186 valence electrons. The summed E-state index contributed by atoms with van der Waals surface area (Å²) in [5, 5.41) is 6.89. The molecule has 2 aromatic carbocycles. The molecule has 1 N–H and O–H groups in total. The van der Waals surface area contributed by atoms with Crippen LogP contribution in [0.3, 0.4) is 0 Å². The Morgan fingerprint density at radius 2 is 1.81 bits per heavy atom. The first-order chi connectivity index (χ1) is 17.2. The molecule has 4 rings (SSSR count). The van der Waals surface area contributed by atoms with Crippen molar-refractivity contribution in [2.45, 2.75) is 19.8 Å². The summed E-state index contributed by atoms with van der Waals surface area (Å²) in [7, 11) is 2.62. The molecule has 1 aliphatic rings. The van der Waals surface area contributed by atoms with Crippen molar-refractivity contribution in [1.82, 2.24) is 4.98 Å². The number of nitrogens with zero attached hydrogens (tertiary/aromatic N) is 2. The lowest BCUT2D eigenvalue weighted by atomic mass is 9.75. The van der Waals surface area contributed by atoms with Gasteiger partial charge in [-0.15, -0.1) is 11.3 Å². The second kappa shape index (κ2) is 10.8. The van der Waals surface area contributed by atoms with E-state index >= 15 is 0 Å². The van der Waals surface area contributed by atoms with Gasteiger partial charge in [-0.2, -0.15) is 0 Å². The highest BCUT2D eigenvalue weighted by atomic mass is 35.5. The van der Waals surface area contributed by atoms with Crippen molar-refractivity contribution in [3.8, 4) is 11.3 Å². The zero-order valence-corrected chi connectivity index (χ0v) is 22.3. The van der Waals surface area contributed by atoms with Crippen LogP contribution in [0.15, 0.2) is 64.1 Å². The summed E-state index contributed by atoms with van der Waals surface area (Å²) in [6.07, 6.45) is 0. The van der Waals surface area contributed by atoms with Crippen LogP contribution in [0.25, 0.3) is 11.3 Å². The van der Waals surface area contributed by atoms with Crippen molar-refractivity contribution in [2.24, 2.45) is 10.9 Å². The number of aliphatic imine (C=N–C) groups is 1. The number of rotatable bonds is 6. The molecular formula is C26H23Cl2N3O4S. The predicted octanol–water partition coefficient (Wildman–Crippen LogP) is 6.65. The highest BCUT2D eigenvalue weighted by Gasteiger charge is 2.43. The van der Waals surface area contributed by atoms with Gasteiger partial charge in [0.25, 0.3) is 0 Å². The smallest absolute Gasteiger partial charge is 0.336 e. The fourth-order valence-electron chi connectivity index (χ4n) is 4.33. The van der Waals surface area contributed by atoms with Crippen molar-refractivity contribution in [3.63, 3.8) is 0 Å². The van der Waals surface area contributed by atoms with Crippen LogP contribution in [0, 0.1) is 5.92 Å². The van der Waals surface area contributed by atoms with Gasteiger partial charge < -0.3 is 14.8 Å². The normalized spacial score (nSPS) is 17.4. The van der Waals surface area contributed by atoms with E-state index in [0.29, 0.717) is 49.1 Å². The van der Waals surface area contributed by atoms with Crippen molar-refractivity contribution < 1.29 is 19.1 Å². The molecular weight excluding hydrogens is 521 g/mol. The Bertz CT molecular complexity index is 1400. The number of methoxy groups -OCH3 is 2. The monoisotopic (exact) mass is 543 g/mol. The first-order valence-corrected chi connectivity index (χ1v) is 12.6. The van der Waals surface area contributed by atoms with Crippen LogP contribution in [-0.2, 0) is 19.1 Å². The summed E-state index contributed by atoms with van der Waals surface area (Å²) in [6, 6.07) is 12.7. The van der Waals surface area contributed by atoms with Crippen LogP contribution in [0.2, 0.25) is 10.0 Å². The maximum atomic E-state index is 12.9. The summed E-state index contributed by atoms with van der Waals surface area (Å²) in [5.74, 6) is -2.50. The van der Waals surface area contributed by atoms with Gasteiger partial charge in [0.2, 0.25) is 0 Å². The molecule has 1 aliphatic heterocycles. The van der Waals surface area contributed by atoms with Crippen molar-refractivity contribution in [2.75, 3.05) is 19.5 Å². The molecule has 0 aliphatic carbocycles. The standard InChI is InChI=1S/C26H23Cl2N3O4S/c1-13-21(24(32)34-3)23(22(14(2)29-13)25(33)35-4)17-7-5-6-8-19(17)30-26-31-20(12-36-26)16-10-9-15(27)11-18(16)28/h5-12,21,23H,1-4H3,(H,30,31). The summed E-state index contributed by atoms with van der Waals surface area (Å²) < 4.78 is 10.2. The van der Waals surface area contributed by atoms with Gasteiger partial charge in [-0.05, 0) is 43.7 Å². The number of ether oxygens (including phenoxy) is 2. The van der Waals surface area contributed by atoms with Gasteiger partial charge in [0.05, 0.1) is 30.5 Å². The second-order valence-electron chi connectivity index (χ2n) is 8.10. The fraction of sp³-hybridized carbons (Fsp3) is 0.231. The third-order valence-corrected chi connectivity index (χ3v) is 7.24. The van der Waals surface area contributed by atoms with Crippen molar-refractivity contribution >= 4 is 63.0 Å². The van der Waals surface area contributed by atoms with E-state index in [2.05, 4.69) is 15.3 Å². The summed E-state index contributed by atoms with van der Waals surface area (Å²) in [6.45, 7) is 3.49. The summed E-state index contributed by atoms with van der Waals surface area (Å²) >= 11 is 13.8. The quantitative estimate of drug-likeness (QED) is 0.350. The molecule has 7 nitrogen and oxygen atoms in total. The molecule has 0 saturated carbocycles. The minimum absolute atomic E-state index is 0.306. The first kappa shape index (κ1) is 25.9. The van der Waals surface area contributed by atoms with Gasteiger partial charge in [-0.25, -0.2) is 9.78 Å². The number of hydrogen-bond acceptors (Lipinski definition) is 8. The number of hydrogen-bond donors (Lipinski definition) is 1. The molecule has 2 unspecified atom stereocenters. The molecule has 0 amide bonds. The van der Waals surface area contributed by atoms with Crippen LogP contribution in [0.1, 0.15) is 25.3 Å². The number of aromatic nitrogens is 1. The van der Waals surface area contributed by atoms with E-state index in [9.17, 15) is 9.59 Å². The maximum Gasteiger partial charge on any atom is 0.336 e. The Balaban J connectivity index is 1.77. The van der Waals surface area contributed by atoms with E-state index in [1.165, 1.54) is 25.6 Å². The largest absolute Gasteiger partial charge is 0.468 e. The number of carbonyl (C=O) groups excluding carboxylic acids is 2. The van der Waals surface area contributed by atoms with Gasteiger partial charge >= 0.3 is 11.9 Å². The molecule has 0 saturated heterocycles. The molecule has 0 bridgehead atoms. The van der Waals surface area contributed by atoms with Crippen LogP contribution >= 0.6 is 34.5 Å². The van der Waals surface area contributed by atoms with Gasteiger partial charge in [0.15, 0.2) is 5.13 Å². The third-order valence-electron chi connectivity index (χ3n) is 5.94. The number of esters is 2. The third kappa shape index (κ3) is 5.02. The minimum Gasteiger partial charge on any atom is -0.468 e. The Labute approximate surface area is 222 Å². The van der Waals surface area contributed by atoms with Gasteiger partial charge in [-0.3, -0.25) is 9.79 Å². The highest BCUT2D eigenvalue weighted by molar-refractivity contribution is 7.14. The summed E-state index contributed by atoms with van der Waals surface area (Å²) in [5.41, 5.74) is 4.21. The van der Waals surface area contributed by atoms with Crippen molar-refractivity contribution in [3.05, 3.63) is 74.7 Å². The van der Waals surface area contributed by atoms with Crippen molar-refractivity contribution in [1.29, 1.82) is 0 Å². The Hall–Kier alpha value is -3.20. The van der Waals surface area contributed by atoms with E-state index in [1.807, 2.05) is 35.7 Å². The Kier molecular flexibility index (Phi) is 7.78. The molecule has 0 spiro atoms. The van der Waals surface area contributed by atoms with E-state index in [-0.39, 0.29) is 0 Å². The van der Waals surface area contributed by atoms with Crippen LogP contribution in [0.5, 0.6) is 0 Å². The maximum absolute atomic E-state index is 12.9. The number of allylic oxidation sites excluding steroid dienone is 1. The van der Waals surface area contributed by atoms with E-state index in [1.54, 1.807) is 26.0 Å². The van der Waals surface area contributed by atoms with E-state index < -0.39 is 23.8 Å². The molecule has 0 radical (unpaired) electrons. The number of carbonyl (C=O) groups is 2. The van der Waals surface area contributed by atoms with Crippen LogP contribution in [-0.4, -0.2) is 36.9 Å². The highest BCUT2D eigenvalue weighted by Crippen LogP contribution is 2.43. The number of thiazole rings is 1. The predicted molar refractivity (Wildman–Crippen MR) is 143 cm³/mol. The molecule has 0 fully saturated rings. The fourth-order valence-corrected chi connectivity index (χ4v) is 5.56. The Morgan fingerprint density at radius 1 is 1.06 bits per heavy atom. The number of nitrogens with one attached hydrogen (secondary N) is 1. The average molecular weight is 544 g/mol. The van der Waals surface area contributed by atoms with Gasteiger partial charge in [0, 0.05) is 39.0 Å². The molecule has 10 heteroatoms. The molecule has 3 aromatic rings. The number of para-hydroxylation sites is 1. The average Bonchev–Trinajstić information content (AvgIpc) is 3.31. The number of anilines is 2. The van der Waals surface area contributed by atoms with Crippen LogP contribution < -0.4 is 5.32 Å². The van der Waals surface area contributed by atoms with Gasteiger partial charge in [-0.1, -0.05) is 41.4 Å². The second-order valence-corrected chi connectivity index (χ2v) is 9.80. The lowest BCUT2D eigenvalue weighted by molar-refractivity contribution is -0.143. The molecule has 36 heavy (non-hydrogen) atoms. The minimum atomic E-state index is -0.796. The lowest BCUT2D eigenvalue weighted by Crippen LogP contribution is -2.36. The van der Waals surface area contributed by atoms with Gasteiger partial charge in [0.1, 0.15) is 5.92 Å². The molecule has 2 atom stereocenters. The SMILES string of the molecule is COC(=O)C1=C(C)N=C(C)C(C(=O)OC)C1c1ccccc1Nc1nc(-c2ccc(Cl)cc2Cl)cs1. The first-order valence-electron chi connectivity index (χ1n) is 10.9. The summed E-state index contributed by atoms with van der Waals surface area (Å²) in [4.78, 5) is 34.9. The van der Waals surface area contributed by atoms with E-state index in [4.69, 9.17) is 32.7 Å². The zero-order chi connectivity index (χ0) is 26.0. The van der Waals surface area contributed by atoms with Crippen LogP contribution in [0.4, 0.5) is 10.8 Å².